The number of nitrogens with one attached hydrogen (secondary N) is 1. The number of hydrogen-bond donors (Lipinski definition) is 1. The van der Waals surface area contributed by atoms with Gasteiger partial charge in [0.05, 0.1) is 4.90 Å². The average Bonchev–Trinajstić information content (AvgIpc) is 3.31. The van der Waals surface area contributed by atoms with Crippen molar-refractivity contribution < 1.29 is 17.7 Å². The maximum atomic E-state index is 12.5. The van der Waals surface area contributed by atoms with Crippen LogP contribution in [0.25, 0.3) is 11.4 Å². The molecule has 162 valence electrons. The van der Waals surface area contributed by atoms with Gasteiger partial charge in [0.2, 0.25) is 27.6 Å². The van der Waals surface area contributed by atoms with Crippen LogP contribution in [0.15, 0.2) is 70.1 Å². The molecule has 2 aromatic carbocycles. The first-order valence-corrected chi connectivity index (χ1v) is 11.7. The number of sulfonamides is 1. The first-order valence-electron chi connectivity index (χ1n) is 10.2. The van der Waals surface area contributed by atoms with E-state index in [1.54, 1.807) is 23.1 Å². The van der Waals surface area contributed by atoms with Crippen LogP contribution in [0.4, 0.5) is 0 Å². The fraction of sp³-hybridized carbons (Fsp3) is 0.318. The number of benzene rings is 2. The summed E-state index contributed by atoms with van der Waals surface area (Å²) in [4.78, 5) is 19.0. The zero-order valence-electron chi connectivity index (χ0n) is 17.0. The predicted octanol–water partition coefficient (Wildman–Crippen LogP) is 2.81. The van der Waals surface area contributed by atoms with E-state index in [1.165, 1.54) is 12.1 Å². The molecule has 2 heterocycles. The van der Waals surface area contributed by atoms with Crippen LogP contribution in [-0.4, -0.2) is 49.0 Å². The Hall–Kier alpha value is -3.04. The number of amides is 1. The van der Waals surface area contributed by atoms with Crippen LogP contribution in [0.1, 0.15) is 31.1 Å². The van der Waals surface area contributed by atoms with Gasteiger partial charge in [-0.3, -0.25) is 4.79 Å². The number of hydrogen-bond acceptors (Lipinski definition) is 6. The maximum Gasteiger partial charge on any atom is 0.240 e. The number of carbonyl (C=O) groups excluding carboxylic acids is 1. The van der Waals surface area contributed by atoms with Gasteiger partial charge < -0.3 is 9.42 Å². The predicted molar refractivity (Wildman–Crippen MR) is 115 cm³/mol. The van der Waals surface area contributed by atoms with E-state index in [0.717, 1.165) is 18.4 Å². The van der Waals surface area contributed by atoms with Crippen molar-refractivity contribution in [2.24, 2.45) is 0 Å². The SMILES string of the molecule is O=C(CCNS(=O)(=O)c1ccccc1)N1CCC(c2nc(-c3ccccc3)no2)CC1. The maximum absolute atomic E-state index is 12.5. The highest BCUT2D eigenvalue weighted by Crippen LogP contribution is 2.28. The number of carbonyl (C=O) groups is 1. The van der Waals surface area contributed by atoms with Crippen LogP contribution in [0.3, 0.4) is 0 Å². The van der Waals surface area contributed by atoms with E-state index < -0.39 is 10.0 Å². The monoisotopic (exact) mass is 440 g/mol. The number of aromatic nitrogens is 2. The Bertz CT molecular complexity index is 1110. The summed E-state index contributed by atoms with van der Waals surface area (Å²) in [5.74, 6) is 1.22. The third-order valence-corrected chi connectivity index (χ3v) is 6.83. The second-order valence-corrected chi connectivity index (χ2v) is 9.21. The highest BCUT2D eigenvalue weighted by atomic mass is 32.2. The third kappa shape index (κ3) is 5.18. The zero-order valence-corrected chi connectivity index (χ0v) is 17.8. The Balaban J connectivity index is 1.25. The molecule has 31 heavy (non-hydrogen) atoms. The van der Waals surface area contributed by atoms with E-state index in [9.17, 15) is 13.2 Å². The molecule has 0 spiro atoms. The second-order valence-electron chi connectivity index (χ2n) is 7.44. The number of rotatable bonds is 7. The molecule has 1 saturated heterocycles. The molecule has 0 unspecified atom stereocenters. The molecule has 1 aromatic heterocycles. The normalized spacial score (nSPS) is 15.2. The fourth-order valence-electron chi connectivity index (χ4n) is 3.61. The largest absolute Gasteiger partial charge is 0.343 e. The van der Waals surface area contributed by atoms with Crippen LogP contribution in [-0.2, 0) is 14.8 Å². The first-order chi connectivity index (χ1) is 15.0. The van der Waals surface area contributed by atoms with Crippen molar-refractivity contribution in [2.75, 3.05) is 19.6 Å². The standard InChI is InChI=1S/C22H24N4O4S/c27-20(11-14-23-31(28,29)19-9-5-2-6-10-19)26-15-12-18(13-16-26)22-24-21(25-30-22)17-7-3-1-4-8-17/h1-10,18,23H,11-16H2. The highest BCUT2D eigenvalue weighted by molar-refractivity contribution is 7.89. The Kier molecular flexibility index (Phi) is 6.43. The van der Waals surface area contributed by atoms with E-state index >= 15 is 0 Å². The topological polar surface area (TPSA) is 105 Å². The van der Waals surface area contributed by atoms with Gasteiger partial charge in [0.15, 0.2) is 0 Å². The number of likely N-dealkylation sites (tertiary alicyclic amines) is 1. The van der Waals surface area contributed by atoms with E-state index in [4.69, 9.17) is 4.52 Å². The highest BCUT2D eigenvalue weighted by Gasteiger charge is 2.27. The van der Waals surface area contributed by atoms with Gasteiger partial charge in [-0.15, -0.1) is 0 Å². The van der Waals surface area contributed by atoms with Crippen LogP contribution in [0.5, 0.6) is 0 Å². The Morgan fingerprint density at radius 3 is 2.35 bits per heavy atom. The summed E-state index contributed by atoms with van der Waals surface area (Å²) >= 11 is 0. The number of piperidine rings is 1. The fourth-order valence-corrected chi connectivity index (χ4v) is 4.67. The smallest absolute Gasteiger partial charge is 0.240 e. The molecule has 0 aliphatic carbocycles. The summed E-state index contributed by atoms with van der Waals surface area (Å²) in [6, 6.07) is 17.8. The minimum absolute atomic E-state index is 0.0651. The zero-order chi connectivity index (χ0) is 21.7. The van der Waals surface area contributed by atoms with Crippen molar-refractivity contribution in [1.29, 1.82) is 0 Å². The van der Waals surface area contributed by atoms with Crippen molar-refractivity contribution >= 4 is 15.9 Å². The molecular formula is C22H24N4O4S. The summed E-state index contributed by atoms with van der Waals surface area (Å²) in [5.41, 5.74) is 0.906. The summed E-state index contributed by atoms with van der Waals surface area (Å²) in [5, 5.41) is 4.07. The molecule has 9 heteroatoms. The molecule has 1 fully saturated rings. The minimum Gasteiger partial charge on any atom is -0.343 e. The van der Waals surface area contributed by atoms with Gasteiger partial charge in [-0.2, -0.15) is 4.98 Å². The van der Waals surface area contributed by atoms with Crippen molar-refractivity contribution in [1.82, 2.24) is 19.8 Å². The molecule has 1 N–H and O–H groups in total. The van der Waals surface area contributed by atoms with E-state index in [2.05, 4.69) is 14.9 Å². The van der Waals surface area contributed by atoms with Gasteiger partial charge in [0, 0.05) is 37.5 Å². The van der Waals surface area contributed by atoms with Gasteiger partial charge in [-0.25, -0.2) is 13.1 Å². The molecule has 8 nitrogen and oxygen atoms in total. The molecule has 4 rings (SSSR count). The van der Waals surface area contributed by atoms with Gasteiger partial charge >= 0.3 is 0 Å². The van der Waals surface area contributed by atoms with Crippen LogP contribution in [0, 0.1) is 0 Å². The number of nitrogens with zero attached hydrogens (tertiary/aromatic N) is 3. The summed E-state index contributed by atoms with van der Waals surface area (Å²) in [6.07, 6.45) is 1.59. The quantitative estimate of drug-likeness (QED) is 0.606. The lowest BCUT2D eigenvalue weighted by Gasteiger charge is -2.30. The van der Waals surface area contributed by atoms with Crippen LogP contribution >= 0.6 is 0 Å². The summed E-state index contributed by atoms with van der Waals surface area (Å²) < 4.78 is 32.4. The van der Waals surface area contributed by atoms with Crippen molar-refractivity contribution in [3.8, 4) is 11.4 Å². The molecular weight excluding hydrogens is 416 g/mol. The molecule has 0 saturated carbocycles. The molecule has 0 radical (unpaired) electrons. The van der Waals surface area contributed by atoms with Gasteiger partial charge in [-0.05, 0) is 25.0 Å². The Morgan fingerprint density at radius 2 is 1.68 bits per heavy atom. The lowest BCUT2D eigenvalue weighted by Crippen LogP contribution is -2.39. The van der Waals surface area contributed by atoms with Crippen molar-refractivity contribution in [3.63, 3.8) is 0 Å². The summed E-state index contributed by atoms with van der Waals surface area (Å²) in [6.45, 7) is 1.23. The van der Waals surface area contributed by atoms with E-state index in [1.807, 2.05) is 30.3 Å². The van der Waals surface area contributed by atoms with Gasteiger partial charge in [-0.1, -0.05) is 53.7 Å². The molecule has 1 amide bonds. The molecule has 3 aromatic rings. The van der Waals surface area contributed by atoms with E-state index in [-0.39, 0.29) is 29.7 Å². The lowest BCUT2D eigenvalue weighted by molar-refractivity contribution is -0.132. The molecule has 1 aliphatic heterocycles. The Labute approximate surface area is 181 Å². The molecule has 0 atom stereocenters. The molecule has 1 aliphatic rings. The molecule has 0 bridgehead atoms. The van der Waals surface area contributed by atoms with Gasteiger partial charge in [0.1, 0.15) is 0 Å². The van der Waals surface area contributed by atoms with Crippen LogP contribution < -0.4 is 4.72 Å². The third-order valence-electron chi connectivity index (χ3n) is 5.36. The van der Waals surface area contributed by atoms with Crippen molar-refractivity contribution in [2.45, 2.75) is 30.1 Å². The average molecular weight is 441 g/mol. The minimum atomic E-state index is -3.60. The van der Waals surface area contributed by atoms with E-state index in [0.29, 0.717) is 24.8 Å². The first kappa shape index (κ1) is 21.2. The summed E-state index contributed by atoms with van der Waals surface area (Å²) in [7, 11) is -3.60. The van der Waals surface area contributed by atoms with Crippen molar-refractivity contribution in [3.05, 3.63) is 66.6 Å². The Morgan fingerprint density at radius 1 is 1.03 bits per heavy atom. The lowest BCUT2D eigenvalue weighted by atomic mass is 9.96. The second kappa shape index (κ2) is 9.40. The van der Waals surface area contributed by atoms with Crippen LogP contribution in [0.2, 0.25) is 0 Å². The van der Waals surface area contributed by atoms with Gasteiger partial charge in [0.25, 0.3) is 0 Å².